The van der Waals surface area contributed by atoms with Crippen molar-refractivity contribution < 1.29 is 17.9 Å². The molecule has 8 nitrogen and oxygen atoms in total. The molecule has 0 aliphatic rings. The largest absolute Gasteiger partial charge is 0.495 e. The van der Waals surface area contributed by atoms with E-state index >= 15 is 0 Å². The van der Waals surface area contributed by atoms with E-state index in [1.165, 1.54) is 31.5 Å². The molecule has 0 radical (unpaired) electrons. The molecule has 1 amide bonds. The van der Waals surface area contributed by atoms with Gasteiger partial charge in [-0.15, -0.1) is 0 Å². The molecule has 0 aliphatic carbocycles. The van der Waals surface area contributed by atoms with Crippen LogP contribution < -0.4 is 14.5 Å². The second-order valence-electron chi connectivity index (χ2n) is 8.55. The van der Waals surface area contributed by atoms with Crippen molar-refractivity contribution in [2.24, 2.45) is 5.10 Å². The molecule has 1 heterocycles. The van der Waals surface area contributed by atoms with Crippen LogP contribution in [0.2, 0.25) is 5.02 Å². The number of para-hydroxylation sites is 1. The van der Waals surface area contributed by atoms with E-state index in [1.54, 1.807) is 30.3 Å². The van der Waals surface area contributed by atoms with Gasteiger partial charge < -0.3 is 9.30 Å². The number of ether oxygens (including phenoxy) is 1. The lowest BCUT2D eigenvalue weighted by atomic mass is 10.2. The van der Waals surface area contributed by atoms with Gasteiger partial charge in [-0.3, -0.25) is 9.10 Å². The highest BCUT2D eigenvalue weighted by atomic mass is 79.9. The first-order valence-corrected chi connectivity index (χ1v) is 14.4. The Balaban J connectivity index is 1.60. The molecule has 4 aromatic rings. The molecule has 0 saturated carbocycles. The normalized spacial score (nSPS) is 11.5. The van der Waals surface area contributed by atoms with E-state index in [2.05, 4.69) is 31.0 Å². The van der Waals surface area contributed by atoms with Crippen molar-refractivity contribution in [2.45, 2.75) is 18.7 Å². The number of carbonyl (C=O) groups is 1. The lowest BCUT2D eigenvalue weighted by Crippen LogP contribution is -2.39. The Hall–Kier alpha value is -3.60. The summed E-state index contributed by atoms with van der Waals surface area (Å²) in [6, 6.07) is 22.2. The van der Waals surface area contributed by atoms with E-state index < -0.39 is 22.5 Å². The number of hydrogen-bond donors (Lipinski definition) is 1. The van der Waals surface area contributed by atoms with Crippen molar-refractivity contribution >= 4 is 55.4 Å². The Morgan fingerprint density at radius 1 is 1.08 bits per heavy atom. The average Bonchev–Trinajstić information content (AvgIpc) is 3.20. The lowest BCUT2D eigenvalue weighted by Gasteiger charge is -2.25. The van der Waals surface area contributed by atoms with Crippen molar-refractivity contribution in [1.82, 2.24) is 9.99 Å². The van der Waals surface area contributed by atoms with Gasteiger partial charge in [0.2, 0.25) is 0 Å². The van der Waals surface area contributed by atoms with E-state index in [-0.39, 0.29) is 21.4 Å². The SMILES string of the molecule is COc1ccc(Cl)cc1N(CC(=O)N/N=C\c1cc(C)n(-c2ccccc2Br)c1C)S(=O)(=O)c1ccccc1. The van der Waals surface area contributed by atoms with Gasteiger partial charge in [-0.25, -0.2) is 13.8 Å². The highest BCUT2D eigenvalue weighted by molar-refractivity contribution is 9.10. The van der Waals surface area contributed by atoms with Gasteiger partial charge in [0.25, 0.3) is 15.9 Å². The summed E-state index contributed by atoms with van der Waals surface area (Å²) in [5.74, 6) is -0.401. The van der Waals surface area contributed by atoms with E-state index in [4.69, 9.17) is 16.3 Å². The molecule has 39 heavy (non-hydrogen) atoms. The second kappa shape index (κ2) is 12.1. The van der Waals surface area contributed by atoms with Gasteiger partial charge in [0.15, 0.2) is 0 Å². The fourth-order valence-corrected chi connectivity index (χ4v) is 6.21. The zero-order valence-electron chi connectivity index (χ0n) is 21.4. The lowest BCUT2D eigenvalue weighted by molar-refractivity contribution is -0.119. The fourth-order valence-electron chi connectivity index (χ4n) is 4.14. The molecule has 0 aliphatic heterocycles. The number of halogens is 2. The molecule has 1 aromatic heterocycles. The van der Waals surface area contributed by atoms with E-state index in [1.807, 2.05) is 44.2 Å². The molecular formula is C28H26BrClN4O4S. The minimum absolute atomic E-state index is 0.0165. The number of nitrogens with one attached hydrogen (secondary N) is 1. The predicted octanol–water partition coefficient (Wildman–Crippen LogP) is 5.86. The molecule has 0 spiro atoms. The van der Waals surface area contributed by atoms with Gasteiger partial charge >= 0.3 is 0 Å². The monoisotopic (exact) mass is 628 g/mol. The number of amides is 1. The summed E-state index contributed by atoms with van der Waals surface area (Å²) in [5, 5.41) is 4.40. The molecule has 3 aromatic carbocycles. The van der Waals surface area contributed by atoms with Crippen LogP contribution in [0.3, 0.4) is 0 Å². The summed E-state index contributed by atoms with van der Waals surface area (Å²) in [4.78, 5) is 13.0. The van der Waals surface area contributed by atoms with Gasteiger partial charge in [-0.05, 0) is 78.3 Å². The van der Waals surface area contributed by atoms with E-state index in [0.29, 0.717) is 0 Å². The number of nitrogens with zero attached hydrogens (tertiary/aromatic N) is 3. The Kier molecular flexibility index (Phi) is 8.79. The zero-order valence-corrected chi connectivity index (χ0v) is 24.6. The Labute approximate surface area is 241 Å². The standard InChI is InChI=1S/C28H26BrClN4O4S/c1-19-15-21(20(2)34(19)25-12-8-7-11-24(25)29)17-31-32-28(35)18-33(26-16-22(30)13-14-27(26)38-3)39(36,37)23-9-5-4-6-10-23/h4-17H,18H2,1-3H3,(H,32,35)/b31-17-. The third-order valence-corrected chi connectivity index (χ3v) is 8.66. The van der Waals surface area contributed by atoms with Crippen molar-refractivity contribution in [3.8, 4) is 11.4 Å². The van der Waals surface area contributed by atoms with Crippen molar-refractivity contribution in [2.75, 3.05) is 18.0 Å². The smallest absolute Gasteiger partial charge is 0.264 e. The van der Waals surface area contributed by atoms with Crippen molar-refractivity contribution in [3.63, 3.8) is 0 Å². The average molecular weight is 630 g/mol. The molecule has 1 N–H and O–H groups in total. The number of carbonyl (C=O) groups excluding carboxylic acids is 1. The Morgan fingerprint density at radius 3 is 2.46 bits per heavy atom. The number of anilines is 1. The van der Waals surface area contributed by atoms with Crippen LogP contribution in [0.1, 0.15) is 17.0 Å². The number of aryl methyl sites for hydroxylation is 1. The summed E-state index contributed by atoms with van der Waals surface area (Å²) in [7, 11) is -2.73. The van der Waals surface area contributed by atoms with Gasteiger partial charge in [0.05, 0.1) is 29.6 Å². The first kappa shape index (κ1) is 28.4. The van der Waals surface area contributed by atoms with Crippen molar-refractivity contribution in [1.29, 1.82) is 0 Å². The van der Waals surface area contributed by atoms with Gasteiger partial charge in [0, 0.05) is 26.4 Å². The summed E-state index contributed by atoms with van der Waals surface area (Å²) in [5.41, 5.74) is 6.27. The molecule has 202 valence electrons. The number of benzene rings is 3. The molecule has 0 atom stereocenters. The van der Waals surface area contributed by atoms with Crippen molar-refractivity contribution in [3.05, 3.63) is 105 Å². The zero-order chi connectivity index (χ0) is 28.2. The highest BCUT2D eigenvalue weighted by Crippen LogP contribution is 2.34. The quantitative estimate of drug-likeness (QED) is 0.185. The number of methoxy groups -OCH3 is 1. The van der Waals surface area contributed by atoms with Gasteiger partial charge in [-0.1, -0.05) is 41.9 Å². The van der Waals surface area contributed by atoms with Crippen LogP contribution in [-0.2, 0) is 14.8 Å². The molecule has 4 rings (SSSR count). The van der Waals surface area contributed by atoms with E-state index in [0.717, 1.165) is 31.4 Å². The fraction of sp³-hybridized carbons (Fsp3) is 0.143. The summed E-state index contributed by atoms with van der Waals surface area (Å²) < 4.78 is 36.5. The van der Waals surface area contributed by atoms with Crippen LogP contribution in [0.25, 0.3) is 5.69 Å². The Morgan fingerprint density at radius 2 is 1.77 bits per heavy atom. The minimum Gasteiger partial charge on any atom is -0.495 e. The third kappa shape index (κ3) is 6.19. The number of aromatic nitrogens is 1. The number of rotatable bonds is 9. The third-order valence-electron chi connectivity index (χ3n) is 5.98. The topological polar surface area (TPSA) is 93.0 Å². The van der Waals surface area contributed by atoms with Gasteiger partial charge in [-0.2, -0.15) is 5.10 Å². The summed E-state index contributed by atoms with van der Waals surface area (Å²) in [6.45, 7) is 3.38. The summed E-state index contributed by atoms with van der Waals surface area (Å²) in [6.07, 6.45) is 1.53. The molecule has 0 unspecified atom stereocenters. The maximum atomic E-state index is 13.6. The second-order valence-corrected chi connectivity index (χ2v) is 11.7. The predicted molar refractivity (Wildman–Crippen MR) is 158 cm³/mol. The van der Waals surface area contributed by atoms with E-state index in [9.17, 15) is 13.2 Å². The number of sulfonamides is 1. The summed E-state index contributed by atoms with van der Waals surface area (Å²) >= 11 is 9.77. The molecular weight excluding hydrogens is 604 g/mol. The van der Waals surface area contributed by atoms with Crippen LogP contribution in [0.15, 0.2) is 93.3 Å². The molecule has 0 saturated heterocycles. The van der Waals surface area contributed by atoms with Crippen LogP contribution >= 0.6 is 27.5 Å². The van der Waals surface area contributed by atoms with Crippen LogP contribution in [0.4, 0.5) is 5.69 Å². The van der Waals surface area contributed by atoms with Crippen LogP contribution in [0, 0.1) is 13.8 Å². The molecule has 11 heteroatoms. The van der Waals surface area contributed by atoms with Gasteiger partial charge in [0.1, 0.15) is 12.3 Å². The molecule has 0 fully saturated rings. The highest BCUT2D eigenvalue weighted by Gasteiger charge is 2.29. The maximum absolute atomic E-state index is 13.6. The van der Waals surface area contributed by atoms with Crippen LogP contribution in [0.5, 0.6) is 5.75 Å². The van der Waals surface area contributed by atoms with Crippen LogP contribution in [-0.4, -0.2) is 38.8 Å². The Bertz CT molecular complexity index is 1640. The molecule has 0 bridgehead atoms. The minimum atomic E-state index is -4.15. The maximum Gasteiger partial charge on any atom is 0.264 e. The first-order valence-electron chi connectivity index (χ1n) is 11.8. The first-order chi connectivity index (χ1) is 18.6. The number of hydrogen-bond acceptors (Lipinski definition) is 5. The number of hydrazone groups is 1.